The number of imide groups is 1. The van der Waals surface area contributed by atoms with E-state index in [9.17, 15) is 14.4 Å². The molecular weight excluding hydrogens is 342 g/mol. The number of carbonyl (C=O) groups excluding carboxylic acids is 3. The summed E-state index contributed by atoms with van der Waals surface area (Å²) in [4.78, 5) is 36.9. The number of ether oxygens (including phenoxy) is 3. The summed E-state index contributed by atoms with van der Waals surface area (Å²) in [7, 11) is 4.50. The third-order valence-electron chi connectivity index (χ3n) is 3.96. The zero-order valence-electron chi connectivity index (χ0n) is 15.5. The Balaban J connectivity index is 2.04. The second-order valence-corrected chi connectivity index (χ2v) is 6.26. The molecule has 0 unspecified atom stereocenters. The molecule has 0 atom stereocenters. The van der Waals surface area contributed by atoms with Gasteiger partial charge in [0.15, 0.2) is 11.5 Å². The highest BCUT2D eigenvalue weighted by atomic mass is 16.5. The molecule has 1 aliphatic rings. The van der Waals surface area contributed by atoms with E-state index >= 15 is 0 Å². The van der Waals surface area contributed by atoms with Gasteiger partial charge in [0, 0.05) is 6.54 Å². The van der Waals surface area contributed by atoms with Crippen molar-refractivity contribution in [3.05, 3.63) is 17.7 Å². The number of nitrogens with one attached hydrogen (secondary N) is 2. The number of hydrogen-bond acceptors (Lipinski definition) is 6. The van der Waals surface area contributed by atoms with Crippen LogP contribution in [-0.2, 0) is 16.1 Å². The number of carbonyl (C=O) groups is 3. The van der Waals surface area contributed by atoms with Gasteiger partial charge in [-0.25, -0.2) is 4.79 Å². The first kappa shape index (κ1) is 19.4. The van der Waals surface area contributed by atoms with Gasteiger partial charge in [0.1, 0.15) is 12.1 Å². The molecular formula is C17H23N3O6. The first-order valence-electron chi connectivity index (χ1n) is 7.93. The molecule has 9 heteroatoms. The van der Waals surface area contributed by atoms with Crippen molar-refractivity contribution in [2.24, 2.45) is 0 Å². The molecule has 2 N–H and O–H groups in total. The van der Waals surface area contributed by atoms with Crippen molar-refractivity contribution in [2.45, 2.75) is 25.9 Å². The van der Waals surface area contributed by atoms with Gasteiger partial charge >= 0.3 is 6.03 Å². The summed E-state index contributed by atoms with van der Waals surface area (Å²) < 4.78 is 15.8. The Kier molecular flexibility index (Phi) is 5.59. The molecule has 142 valence electrons. The number of rotatable bonds is 7. The molecule has 9 nitrogen and oxygen atoms in total. The standard InChI is InChI=1S/C17H23N3O6/c1-17(2)15(22)20(16(23)19-17)9-13(21)18-8-10-6-11(24-3)14(26-5)12(7-10)25-4/h6-7H,8-9H2,1-5H3,(H,18,21)(H,19,23). The van der Waals surface area contributed by atoms with E-state index in [1.165, 1.54) is 21.3 Å². The van der Waals surface area contributed by atoms with Crippen LogP contribution < -0.4 is 24.8 Å². The van der Waals surface area contributed by atoms with Gasteiger partial charge in [-0.15, -0.1) is 0 Å². The lowest BCUT2D eigenvalue weighted by atomic mass is 10.1. The fourth-order valence-corrected chi connectivity index (χ4v) is 2.60. The minimum atomic E-state index is -1.01. The molecule has 0 aromatic heterocycles. The number of amides is 4. The van der Waals surface area contributed by atoms with Crippen molar-refractivity contribution in [2.75, 3.05) is 27.9 Å². The second kappa shape index (κ2) is 7.51. The smallest absolute Gasteiger partial charge is 0.325 e. The number of nitrogens with zero attached hydrogens (tertiary/aromatic N) is 1. The average molecular weight is 365 g/mol. The number of hydrogen-bond donors (Lipinski definition) is 2. The van der Waals surface area contributed by atoms with Gasteiger partial charge in [-0.2, -0.15) is 0 Å². The molecule has 1 aromatic rings. The topological polar surface area (TPSA) is 106 Å². The fourth-order valence-electron chi connectivity index (χ4n) is 2.60. The summed E-state index contributed by atoms with van der Waals surface area (Å²) in [6, 6.07) is 2.83. The molecule has 1 fully saturated rings. The molecule has 2 rings (SSSR count). The molecule has 26 heavy (non-hydrogen) atoms. The Morgan fingerprint density at radius 2 is 1.69 bits per heavy atom. The summed E-state index contributed by atoms with van der Waals surface area (Å²) in [5.41, 5.74) is -0.293. The van der Waals surface area contributed by atoms with Crippen LogP contribution in [0, 0.1) is 0 Å². The van der Waals surface area contributed by atoms with E-state index in [0.717, 1.165) is 4.90 Å². The molecule has 0 radical (unpaired) electrons. The molecule has 0 spiro atoms. The predicted molar refractivity (Wildman–Crippen MR) is 92.3 cm³/mol. The highest BCUT2D eigenvalue weighted by molar-refractivity contribution is 6.08. The Morgan fingerprint density at radius 3 is 2.12 bits per heavy atom. The molecule has 0 aliphatic carbocycles. The van der Waals surface area contributed by atoms with Crippen molar-refractivity contribution >= 4 is 17.8 Å². The van der Waals surface area contributed by atoms with Gasteiger partial charge in [-0.05, 0) is 31.5 Å². The number of urea groups is 1. The van der Waals surface area contributed by atoms with E-state index < -0.39 is 23.4 Å². The van der Waals surface area contributed by atoms with Gasteiger partial charge in [0.2, 0.25) is 11.7 Å². The van der Waals surface area contributed by atoms with Crippen molar-refractivity contribution in [1.29, 1.82) is 0 Å². The Morgan fingerprint density at radius 1 is 1.12 bits per heavy atom. The summed E-state index contributed by atoms with van der Waals surface area (Å²) in [6.07, 6.45) is 0. The van der Waals surface area contributed by atoms with Crippen LogP contribution in [0.5, 0.6) is 17.2 Å². The highest BCUT2D eigenvalue weighted by Crippen LogP contribution is 2.38. The third-order valence-corrected chi connectivity index (χ3v) is 3.96. The van der Waals surface area contributed by atoms with Crippen LogP contribution in [0.4, 0.5) is 4.79 Å². The van der Waals surface area contributed by atoms with Crippen molar-refractivity contribution in [1.82, 2.24) is 15.5 Å². The number of methoxy groups -OCH3 is 3. The van der Waals surface area contributed by atoms with Gasteiger partial charge in [0.05, 0.1) is 21.3 Å². The lowest BCUT2D eigenvalue weighted by Gasteiger charge is -2.16. The van der Waals surface area contributed by atoms with Crippen molar-refractivity contribution in [3.8, 4) is 17.2 Å². The maximum atomic E-state index is 12.1. The normalized spacial score (nSPS) is 15.5. The molecule has 0 bridgehead atoms. The van der Waals surface area contributed by atoms with E-state index in [1.807, 2.05) is 0 Å². The van der Waals surface area contributed by atoms with Crippen molar-refractivity contribution in [3.63, 3.8) is 0 Å². The zero-order chi connectivity index (χ0) is 19.5. The first-order chi connectivity index (χ1) is 12.2. The molecule has 1 saturated heterocycles. The van der Waals surface area contributed by atoms with Gasteiger partial charge in [0.25, 0.3) is 5.91 Å². The predicted octanol–water partition coefficient (Wildman–Crippen LogP) is 0.659. The minimum Gasteiger partial charge on any atom is -0.493 e. The third kappa shape index (κ3) is 3.81. The second-order valence-electron chi connectivity index (χ2n) is 6.26. The summed E-state index contributed by atoms with van der Waals surface area (Å²) >= 11 is 0. The van der Waals surface area contributed by atoms with Crippen LogP contribution >= 0.6 is 0 Å². The Labute approximate surface area is 151 Å². The van der Waals surface area contributed by atoms with E-state index in [4.69, 9.17) is 14.2 Å². The summed E-state index contributed by atoms with van der Waals surface area (Å²) in [5, 5.41) is 5.20. The van der Waals surface area contributed by atoms with Gasteiger partial charge < -0.3 is 24.8 Å². The summed E-state index contributed by atoms with van der Waals surface area (Å²) in [5.74, 6) is 0.482. The quantitative estimate of drug-likeness (QED) is 0.688. The fraction of sp³-hybridized carbons (Fsp3) is 0.471. The largest absolute Gasteiger partial charge is 0.493 e. The maximum absolute atomic E-state index is 12.1. The SMILES string of the molecule is COc1cc(CNC(=O)CN2C(=O)NC(C)(C)C2=O)cc(OC)c1OC. The molecule has 0 saturated carbocycles. The van der Waals surface area contributed by atoms with E-state index in [0.29, 0.717) is 22.8 Å². The van der Waals surface area contributed by atoms with Crippen LogP contribution in [0.1, 0.15) is 19.4 Å². The van der Waals surface area contributed by atoms with Crippen molar-refractivity contribution < 1.29 is 28.6 Å². The molecule has 4 amide bonds. The lowest BCUT2D eigenvalue weighted by Crippen LogP contribution is -2.43. The van der Waals surface area contributed by atoms with Gasteiger partial charge in [-0.1, -0.05) is 0 Å². The van der Waals surface area contributed by atoms with Crippen LogP contribution in [0.25, 0.3) is 0 Å². The molecule has 1 aromatic carbocycles. The van der Waals surface area contributed by atoms with Gasteiger partial charge in [-0.3, -0.25) is 14.5 Å². The monoisotopic (exact) mass is 365 g/mol. The molecule has 1 aliphatic heterocycles. The Bertz CT molecular complexity index is 706. The Hall–Kier alpha value is -2.97. The zero-order valence-corrected chi connectivity index (χ0v) is 15.5. The highest BCUT2D eigenvalue weighted by Gasteiger charge is 2.44. The van der Waals surface area contributed by atoms with Crippen LogP contribution in [0.2, 0.25) is 0 Å². The number of benzene rings is 1. The van der Waals surface area contributed by atoms with Crippen LogP contribution in [0.15, 0.2) is 12.1 Å². The average Bonchev–Trinajstić information content (AvgIpc) is 2.80. The maximum Gasteiger partial charge on any atom is 0.325 e. The van der Waals surface area contributed by atoms with E-state index in [1.54, 1.807) is 26.0 Å². The summed E-state index contributed by atoms with van der Waals surface area (Å²) in [6.45, 7) is 2.99. The molecule has 1 heterocycles. The van der Waals surface area contributed by atoms with E-state index in [2.05, 4.69) is 10.6 Å². The first-order valence-corrected chi connectivity index (χ1v) is 7.93. The lowest BCUT2D eigenvalue weighted by molar-refractivity contribution is -0.134. The minimum absolute atomic E-state index is 0.169. The van der Waals surface area contributed by atoms with Crippen LogP contribution in [0.3, 0.4) is 0 Å². The van der Waals surface area contributed by atoms with E-state index in [-0.39, 0.29) is 13.1 Å². The van der Waals surface area contributed by atoms with Crippen LogP contribution in [-0.4, -0.2) is 56.2 Å².